The summed E-state index contributed by atoms with van der Waals surface area (Å²) >= 11 is 0. The number of morpholine rings is 1. The first-order valence-corrected chi connectivity index (χ1v) is 10.9. The van der Waals surface area contributed by atoms with Gasteiger partial charge in [0.15, 0.2) is 0 Å². The number of aromatic nitrogens is 2. The molecular formula is C23H30N4O3. The molecule has 2 amide bonds. The van der Waals surface area contributed by atoms with E-state index < -0.39 is 0 Å². The summed E-state index contributed by atoms with van der Waals surface area (Å²) < 4.78 is 7.30. The fraction of sp³-hybridized carbons (Fsp3) is 0.522. The van der Waals surface area contributed by atoms with Crippen LogP contribution in [0, 0.1) is 5.92 Å². The third-order valence-electron chi connectivity index (χ3n) is 6.09. The summed E-state index contributed by atoms with van der Waals surface area (Å²) in [6.07, 6.45) is 4.81. The van der Waals surface area contributed by atoms with Crippen molar-refractivity contribution < 1.29 is 14.3 Å². The summed E-state index contributed by atoms with van der Waals surface area (Å²) in [5.74, 6) is 0.402. The molecule has 0 unspecified atom stereocenters. The van der Waals surface area contributed by atoms with Crippen molar-refractivity contribution in [3.8, 4) is 0 Å². The molecule has 1 aromatic heterocycles. The molecule has 2 aliphatic rings. The third kappa shape index (κ3) is 4.73. The smallest absolute Gasteiger partial charge is 0.257 e. The van der Waals surface area contributed by atoms with Gasteiger partial charge in [-0.1, -0.05) is 31.2 Å². The maximum Gasteiger partial charge on any atom is 0.257 e. The maximum absolute atomic E-state index is 12.9. The van der Waals surface area contributed by atoms with Crippen LogP contribution in [0.5, 0.6) is 0 Å². The highest BCUT2D eigenvalue weighted by Gasteiger charge is 2.28. The van der Waals surface area contributed by atoms with Crippen molar-refractivity contribution >= 4 is 11.8 Å². The van der Waals surface area contributed by atoms with E-state index in [0.29, 0.717) is 50.8 Å². The number of amides is 2. The van der Waals surface area contributed by atoms with E-state index >= 15 is 0 Å². The van der Waals surface area contributed by atoms with Gasteiger partial charge in [-0.25, -0.2) is 0 Å². The number of fused-ring (bicyclic) bond motifs is 1. The fourth-order valence-electron chi connectivity index (χ4n) is 4.19. The largest absolute Gasteiger partial charge is 0.378 e. The second kappa shape index (κ2) is 9.43. The van der Waals surface area contributed by atoms with Crippen molar-refractivity contribution in [2.45, 2.75) is 39.2 Å². The molecule has 0 radical (unpaired) electrons. The maximum atomic E-state index is 12.9. The number of ether oxygens (including phenoxy) is 1. The van der Waals surface area contributed by atoms with Gasteiger partial charge in [0.05, 0.1) is 37.1 Å². The van der Waals surface area contributed by atoms with Crippen LogP contribution in [-0.4, -0.2) is 59.3 Å². The van der Waals surface area contributed by atoms with Crippen LogP contribution < -0.4 is 5.32 Å². The lowest BCUT2D eigenvalue weighted by atomic mass is 9.94. The second-order valence-corrected chi connectivity index (χ2v) is 8.14. The van der Waals surface area contributed by atoms with Crippen molar-refractivity contribution in [3.05, 3.63) is 52.8 Å². The van der Waals surface area contributed by atoms with E-state index in [1.54, 1.807) is 6.20 Å². The van der Waals surface area contributed by atoms with Gasteiger partial charge in [-0.05, 0) is 36.3 Å². The van der Waals surface area contributed by atoms with Gasteiger partial charge < -0.3 is 15.0 Å². The SMILES string of the molecule is CCc1ccc(CC(=O)NC[C@H]2CCn3ncc(C(=O)N4CCOCC4)c3C2)cc1. The van der Waals surface area contributed by atoms with E-state index in [0.717, 1.165) is 37.1 Å². The van der Waals surface area contributed by atoms with Crippen LogP contribution in [0.15, 0.2) is 30.5 Å². The van der Waals surface area contributed by atoms with Gasteiger partial charge >= 0.3 is 0 Å². The Labute approximate surface area is 177 Å². The first-order valence-electron chi connectivity index (χ1n) is 10.9. The number of nitrogens with one attached hydrogen (secondary N) is 1. The molecule has 3 heterocycles. The summed E-state index contributed by atoms with van der Waals surface area (Å²) in [4.78, 5) is 27.1. The van der Waals surface area contributed by atoms with Crippen LogP contribution in [-0.2, 0) is 35.3 Å². The molecule has 2 aromatic rings. The summed E-state index contributed by atoms with van der Waals surface area (Å²) in [6.45, 7) is 5.96. The quantitative estimate of drug-likeness (QED) is 0.788. The van der Waals surface area contributed by atoms with E-state index in [4.69, 9.17) is 4.74 Å². The molecule has 7 nitrogen and oxygen atoms in total. The zero-order chi connectivity index (χ0) is 20.9. The van der Waals surface area contributed by atoms with Crippen LogP contribution >= 0.6 is 0 Å². The molecule has 2 aliphatic heterocycles. The van der Waals surface area contributed by atoms with Gasteiger partial charge in [-0.3, -0.25) is 14.3 Å². The van der Waals surface area contributed by atoms with Gasteiger partial charge in [-0.2, -0.15) is 5.10 Å². The Hall–Kier alpha value is -2.67. The zero-order valence-corrected chi connectivity index (χ0v) is 17.6. The molecule has 7 heteroatoms. The normalized spacial score (nSPS) is 18.7. The molecule has 30 heavy (non-hydrogen) atoms. The van der Waals surface area contributed by atoms with E-state index in [2.05, 4.69) is 29.5 Å². The predicted molar refractivity (Wildman–Crippen MR) is 113 cm³/mol. The molecule has 1 saturated heterocycles. The van der Waals surface area contributed by atoms with Crippen LogP contribution in [0.4, 0.5) is 0 Å². The first-order chi connectivity index (χ1) is 14.6. The van der Waals surface area contributed by atoms with Crippen LogP contribution in [0.3, 0.4) is 0 Å². The van der Waals surface area contributed by atoms with Gasteiger partial charge in [0.1, 0.15) is 0 Å². The van der Waals surface area contributed by atoms with Crippen LogP contribution in [0.25, 0.3) is 0 Å². The Morgan fingerprint density at radius 1 is 1.13 bits per heavy atom. The highest BCUT2D eigenvalue weighted by atomic mass is 16.5. The number of aryl methyl sites for hydroxylation is 2. The van der Waals surface area contributed by atoms with Crippen molar-refractivity contribution in [3.63, 3.8) is 0 Å². The van der Waals surface area contributed by atoms with E-state index in [1.165, 1.54) is 5.56 Å². The summed E-state index contributed by atoms with van der Waals surface area (Å²) in [6, 6.07) is 8.22. The molecule has 1 atom stereocenters. The molecule has 1 N–H and O–H groups in total. The van der Waals surface area contributed by atoms with Gasteiger partial charge in [0.25, 0.3) is 5.91 Å². The molecule has 0 spiro atoms. The lowest BCUT2D eigenvalue weighted by Crippen LogP contribution is -2.41. The number of carbonyl (C=O) groups is 2. The molecule has 0 bridgehead atoms. The van der Waals surface area contributed by atoms with Crippen LogP contribution in [0.1, 0.15) is 40.5 Å². The minimum Gasteiger partial charge on any atom is -0.378 e. The Bertz CT molecular complexity index is 884. The number of hydrogen-bond acceptors (Lipinski definition) is 4. The molecule has 4 rings (SSSR count). The topological polar surface area (TPSA) is 76.5 Å². The van der Waals surface area contributed by atoms with E-state index in [-0.39, 0.29) is 11.8 Å². The molecule has 1 fully saturated rings. The number of hydrogen-bond donors (Lipinski definition) is 1. The van der Waals surface area contributed by atoms with Crippen molar-refractivity contribution in [2.75, 3.05) is 32.8 Å². The van der Waals surface area contributed by atoms with E-state index in [1.807, 2.05) is 21.7 Å². The van der Waals surface area contributed by atoms with Crippen molar-refractivity contribution in [1.82, 2.24) is 20.0 Å². The predicted octanol–water partition coefficient (Wildman–Crippen LogP) is 1.84. The molecular weight excluding hydrogens is 380 g/mol. The second-order valence-electron chi connectivity index (χ2n) is 8.14. The Balaban J connectivity index is 1.32. The Kier molecular flexibility index (Phi) is 6.47. The molecule has 160 valence electrons. The first kappa shape index (κ1) is 20.6. The molecule has 1 aromatic carbocycles. The monoisotopic (exact) mass is 410 g/mol. The van der Waals surface area contributed by atoms with Crippen molar-refractivity contribution in [2.24, 2.45) is 5.92 Å². The van der Waals surface area contributed by atoms with Crippen LogP contribution in [0.2, 0.25) is 0 Å². The molecule has 0 saturated carbocycles. The highest BCUT2D eigenvalue weighted by molar-refractivity contribution is 5.95. The van der Waals surface area contributed by atoms with Gasteiger partial charge in [-0.15, -0.1) is 0 Å². The zero-order valence-electron chi connectivity index (χ0n) is 17.6. The lowest BCUT2D eigenvalue weighted by molar-refractivity contribution is -0.120. The minimum atomic E-state index is 0.0414. The average molecular weight is 411 g/mol. The number of benzene rings is 1. The number of rotatable bonds is 6. The summed E-state index contributed by atoms with van der Waals surface area (Å²) in [7, 11) is 0. The lowest BCUT2D eigenvalue weighted by Gasteiger charge is -2.28. The standard InChI is InChI=1S/C23H30N4O3/c1-2-17-3-5-18(6-4-17)14-22(28)24-15-19-7-8-27-21(13-19)20(16-25-27)23(29)26-9-11-30-12-10-26/h3-6,16,19H,2,7-15H2,1H3,(H,24,28)/t19-/m0/s1. The van der Waals surface area contributed by atoms with E-state index in [9.17, 15) is 9.59 Å². The summed E-state index contributed by atoms with van der Waals surface area (Å²) in [5.41, 5.74) is 4.00. The Morgan fingerprint density at radius 3 is 2.60 bits per heavy atom. The average Bonchev–Trinajstić information content (AvgIpc) is 3.21. The number of nitrogens with zero attached hydrogens (tertiary/aromatic N) is 3. The summed E-state index contributed by atoms with van der Waals surface area (Å²) in [5, 5.41) is 7.51. The fourth-order valence-corrected chi connectivity index (χ4v) is 4.19. The van der Waals surface area contributed by atoms with Crippen molar-refractivity contribution in [1.29, 1.82) is 0 Å². The Morgan fingerprint density at radius 2 is 1.87 bits per heavy atom. The van der Waals surface area contributed by atoms with Gasteiger partial charge in [0, 0.05) is 26.2 Å². The third-order valence-corrected chi connectivity index (χ3v) is 6.09. The minimum absolute atomic E-state index is 0.0414. The number of carbonyl (C=O) groups excluding carboxylic acids is 2. The highest BCUT2D eigenvalue weighted by Crippen LogP contribution is 2.24. The van der Waals surface area contributed by atoms with Gasteiger partial charge in [0.2, 0.25) is 5.91 Å². The molecule has 0 aliphatic carbocycles.